The van der Waals surface area contributed by atoms with Crippen LogP contribution in [0.1, 0.15) is 20.7 Å². The number of nitro groups is 1. The molecule has 5 rings (SSSR count). The molecule has 0 aliphatic heterocycles. The highest BCUT2D eigenvalue weighted by Gasteiger charge is 2.29. The SMILES string of the molecule is COC(=O)c1ccc(Cl)c([N+](=O)[O-])c1.COC(=O)c1ccc2c(c1)nc(Nc1nc3ccc(SC(F)(F)F)cc3s1)n2C. The minimum atomic E-state index is -4.34. The number of nitrogens with zero attached hydrogens (tertiary/aromatic N) is 4. The number of nitrogens with one attached hydrogen (secondary N) is 1. The summed E-state index contributed by atoms with van der Waals surface area (Å²) >= 11 is 6.62. The number of carbonyl (C=O) groups excluding carboxylic acids is 2. The first-order valence-corrected chi connectivity index (χ1v) is 13.8. The third-order valence-corrected chi connectivity index (χ3v) is 7.65. The van der Waals surface area contributed by atoms with Gasteiger partial charge in [0.15, 0.2) is 5.13 Å². The lowest BCUT2D eigenvalue weighted by Crippen LogP contribution is -2.02. The molecule has 0 atom stereocenters. The highest BCUT2D eigenvalue weighted by Crippen LogP contribution is 2.39. The van der Waals surface area contributed by atoms with Crippen molar-refractivity contribution in [1.82, 2.24) is 14.5 Å². The Morgan fingerprint density at radius 2 is 1.65 bits per heavy atom. The minimum absolute atomic E-state index is 0.0114. The van der Waals surface area contributed by atoms with Crippen molar-refractivity contribution in [3.05, 3.63) is 80.9 Å². The predicted molar refractivity (Wildman–Crippen MR) is 156 cm³/mol. The summed E-state index contributed by atoms with van der Waals surface area (Å²) in [7, 11) is 4.31. The van der Waals surface area contributed by atoms with Gasteiger partial charge in [-0.1, -0.05) is 22.9 Å². The van der Waals surface area contributed by atoms with E-state index < -0.39 is 22.4 Å². The van der Waals surface area contributed by atoms with E-state index in [4.69, 9.17) is 16.3 Å². The van der Waals surface area contributed by atoms with Gasteiger partial charge in [0.2, 0.25) is 5.95 Å². The number of aromatic nitrogens is 3. The van der Waals surface area contributed by atoms with Crippen LogP contribution in [0.15, 0.2) is 59.5 Å². The zero-order valence-corrected chi connectivity index (χ0v) is 24.7. The Kier molecular flexibility index (Phi) is 9.42. The molecule has 0 amide bonds. The van der Waals surface area contributed by atoms with E-state index in [1.807, 2.05) is 0 Å². The number of esters is 2. The van der Waals surface area contributed by atoms with Crippen molar-refractivity contribution in [2.45, 2.75) is 10.4 Å². The standard InChI is InChI=1S/C18H13F3N4O2S2.C8H6ClNO4/c1-25-13-6-3-9(15(26)27-2)7-12(13)22-16(25)24-17-23-11-5-4-10(8-14(11)28-17)29-18(19,20)21;1-14-8(11)5-2-3-6(9)7(4-5)10(12)13/h3-8H,1-2H3,(H,22,23,24);2-4H,1H3. The van der Waals surface area contributed by atoms with E-state index in [0.717, 1.165) is 11.6 Å². The van der Waals surface area contributed by atoms with Gasteiger partial charge in [0.25, 0.3) is 5.69 Å². The molecular weight excluding hydrogens is 635 g/mol. The van der Waals surface area contributed by atoms with Gasteiger partial charge in [0.05, 0.1) is 51.5 Å². The molecule has 1 N–H and O–H groups in total. The van der Waals surface area contributed by atoms with Crippen molar-refractivity contribution in [1.29, 1.82) is 0 Å². The summed E-state index contributed by atoms with van der Waals surface area (Å²) in [5.41, 5.74) is -2.17. The van der Waals surface area contributed by atoms with Gasteiger partial charge in [-0.25, -0.2) is 19.6 Å². The molecule has 0 fully saturated rings. The second-order valence-corrected chi connectivity index (χ2v) is 11.0. The Morgan fingerprint density at radius 3 is 2.28 bits per heavy atom. The highest BCUT2D eigenvalue weighted by molar-refractivity contribution is 8.00. The molecule has 2 heterocycles. The number of benzene rings is 3. The van der Waals surface area contributed by atoms with Crippen molar-refractivity contribution in [3.63, 3.8) is 0 Å². The van der Waals surface area contributed by atoms with Crippen LogP contribution in [0.3, 0.4) is 0 Å². The van der Waals surface area contributed by atoms with E-state index in [0.29, 0.717) is 32.4 Å². The lowest BCUT2D eigenvalue weighted by atomic mass is 10.2. The lowest BCUT2D eigenvalue weighted by molar-refractivity contribution is -0.384. The first-order chi connectivity index (χ1) is 20.3. The maximum Gasteiger partial charge on any atom is 0.446 e. The summed E-state index contributed by atoms with van der Waals surface area (Å²) in [5, 5.41) is 14.0. The van der Waals surface area contributed by atoms with Gasteiger partial charge in [0, 0.05) is 18.0 Å². The number of halogens is 4. The molecule has 0 radical (unpaired) electrons. The van der Waals surface area contributed by atoms with E-state index in [2.05, 4.69) is 20.0 Å². The fourth-order valence-corrected chi connectivity index (χ4v) is 5.45. The summed E-state index contributed by atoms with van der Waals surface area (Å²) in [6.07, 6.45) is 0. The smallest absolute Gasteiger partial charge is 0.446 e. The summed E-state index contributed by atoms with van der Waals surface area (Å²) in [5.74, 6) is -0.596. The third-order valence-electron chi connectivity index (χ3n) is 5.68. The molecule has 5 aromatic rings. The first kappa shape index (κ1) is 31.5. The van der Waals surface area contributed by atoms with E-state index in [1.165, 1.54) is 49.8 Å². The van der Waals surface area contributed by atoms with Crippen LogP contribution < -0.4 is 5.32 Å². The molecule has 0 saturated carbocycles. The second-order valence-electron chi connectivity index (χ2n) is 8.43. The Labute approximate surface area is 253 Å². The number of nitro benzene ring substituents is 1. The molecular formula is C26H19ClF3N5O6S2. The van der Waals surface area contributed by atoms with Gasteiger partial charge >= 0.3 is 17.4 Å². The molecule has 0 spiro atoms. The van der Waals surface area contributed by atoms with Crippen molar-refractivity contribution in [2.24, 2.45) is 7.05 Å². The van der Waals surface area contributed by atoms with Crippen molar-refractivity contribution in [3.8, 4) is 0 Å². The first-order valence-electron chi connectivity index (χ1n) is 11.8. The van der Waals surface area contributed by atoms with Gasteiger partial charge in [-0.3, -0.25) is 10.1 Å². The molecule has 224 valence electrons. The zero-order valence-electron chi connectivity index (χ0n) is 22.3. The van der Waals surface area contributed by atoms with E-state index >= 15 is 0 Å². The zero-order chi connectivity index (χ0) is 31.5. The fraction of sp³-hybridized carbons (Fsp3) is 0.154. The topological polar surface area (TPSA) is 138 Å². The molecule has 0 saturated heterocycles. The molecule has 0 aliphatic carbocycles. The predicted octanol–water partition coefficient (Wildman–Crippen LogP) is 7.36. The monoisotopic (exact) mass is 653 g/mol. The highest BCUT2D eigenvalue weighted by atomic mass is 35.5. The van der Waals surface area contributed by atoms with Crippen LogP contribution in [0, 0.1) is 10.1 Å². The van der Waals surface area contributed by atoms with Crippen LogP contribution in [0.5, 0.6) is 0 Å². The van der Waals surface area contributed by atoms with Gasteiger partial charge in [0.1, 0.15) is 5.02 Å². The van der Waals surface area contributed by atoms with E-state index in [-0.39, 0.29) is 32.9 Å². The van der Waals surface area contributed by atoms with Crippen molar-refractivity contribution < 1.29 is 37.2 Å². The van der Waals surface area contributed by atoms with Gasteiger partial charge < -0.3 is 19.4 Å². The number of rotatable bonds is 6. The third kappa shape index (κ3) is 7.52. The molecule has 3 aromatic carbocycles. The number of carbonyl (C=O) groups is 2. The summed E-state index contributed by atoms with van der Waals surface area (Å²) in [6, 6.07) is 13.2. The summed E-state index contributed by atoms with van der Waals surface area (Å²) in [6.45, 7) is 0. The number of alkyl halides is 3. The molecule has 2 aromatic heterocycles. The Hall–Kier alpha value is -4.41. The lowest BCUT2D eigenvalue weighted by Gasteiger charge is -2.04. The number of thioether (sulfide) groups is 1. The number of fused-ring (bicyclic) bond motifs is 2. The van der Waals surface area contributed by atoms with Crippen LogP contribution in [0.25, 0.3) is 21.3 Å². The average molecular weight is 654 g/mol. The summed E-state index contributed by atoms with van der Waals surface area (Å²) in [4.78, 5) is 41.5. The minimum Gasteiger partial charge on any atom is -0.465 e. The molecule has 17 heteroatoms. The fourth-order valence-electron chi connectivity index (χ4n) is 3.71. The molecule has 0 unspecified atom stereocenters. The van der Waals surface area contributed by atoms with Gasteiger partial charge in [-0.05, 0) is 60.3 Å². The molecule has 11 nitrogen and oxygen atoms in total. The molecule has 0 bridgehead atoms. The Morgan fingerprint density at radius 1 is 1.00 bits per heavy atom. The van der Waals surface area contributed by atoms with Crippen LogP contribution in [-0.4, -0.2) is 51.1 Å². The number of hydrogen-bond acceptors (Lipinski definition) is 11. The number of anilines is 2. The Balaban J connectivity index is 0.000000255. The molecule has 0 aliphatic rings. The Bertz CT molecular complexity index is 1860. The number of imidazole rings is 1. The largest absolute Gasteiger partial charge is 0.465 e. The normalized spacial score (nSPS) is 11.1. The van der Waals surface area contributed by atoms with Gasteiger partial charge in [-0.2, -0.15) is 13.2 Å². The van der Waals surface area contributed by atoms with Crippen LogP contribution in [0.2, 0.25) is 5.02 Å². The number of thiazole rings is 1. The number of ether oxygens (including phenoxy) is 2. The summed E-state index contributed by atoms with van der Waals surface area (Å²) < 4.78 is 49.3. The number of hydrogen-bond donors (Lipinski definition) is 1. The number of aryl methyl sites for hydroxylation is 1. The van der Waals surface area contributed by atoms with Crippen LogP contribution >= 0.6 is 34.7 Å². The maximum absolute atomic E-state index is 12.6. The van der Waals surface area contributed by atoms with E-state index in [1.54, 1.807) is 35.9 Å². The van der Waals surface area contributed by atoms with Gasteiger partial charge in [-0.15, -0.1) is 0 Å². The van der Waals surface area contributed by atoms with Crippen LogP contribution in [-0.2, 0) is 16.5 Å². The average Bonchev–Trinajstić information content (AvgIpc) is 3.50. The molecule has 43 heavy (non-hydrogen) atoms. The number of methoxy groups -OCH3 is 2. The van der Waals surface area contributed by atoms with E-state index in [9.17, 15) is 32.9 Å². The maximum atomic E-state index is 12.6. The van der Waals surface area contributed by atoms with Crippen LogP contribution in [0.4, 0.5) is 29.9 Å². The second kappa shape index (κ2) is 12.8. The quantitative estimate of drug-likeness (QED) is 0.0856. The van der Waals surface area contributed by atoms with Crippen molar-refractivity contribution in [2.75, 3.05) is 19.5 Å². The van der Waals surface area contributed by atoms with Crippen molar-refractivity contribution >= 4 is 84.7 Å².